The third kappa shape index (κ3) is 6.68. The summed E-state index contributed by atoms with van der Waals surface area (Å²) in [4.78, 5) is 15.9. The van der Waals surface area contributed by atoms with Crippen LogP contribution in [0.15, 0.2) is 127 Å². The van der Waals surface area contributed by atoms with Gasteiger partial charge in [-0.25, -0.2) is 9.37 Å². The van der Waals surface area contributed by atoms with E-state index < -0.39 is 63.5 Å². The number of alkyl halides is 8. The SMILES string of the molecule is FC1=C2c3nc(c(-c4ccc(Cl)cc4)c4ccc([nH]4)c(-c4ccc(Cl)cc4)c4ccc([nH]4)c(-c4ccc(Cl)cc4)c4nc(c3-c3ccc(Cl)cc3)C=C4)C2C(F)(F)C(F)(F)C(F)(F)C1(F)F. The van der Waals surface area contributed by atoms with Crippen LogP contribution in [0.4, 0.5) is 39.5 Å². The third-order valence-electron chi connectivity index (χ3n) is 11.8. The Morgan fingerprint density at radius 2 is 0.788 bits per heavy atom. The van der Waals surface area contributed by atoms with Crippen LogP contribution in [0.1, 0.15) is 28.7 Å². The number of aromatic nitrogens is 4. The van der Waals surface area contributed by atoms with Crippen molar-refractivity contribution in [3.63, 3.8) is 0 Å². The van der Waals surface area contributed by atoms with Gasteiger partial charge in [0.15, 0.2) is 5.83 Å². The van der Waals surface area contributed by atoms with Crippen molar-refractivity contribution in [2.24, 2.45) is 0 Å². The van der Waals surface area contributed by atoms with Crippen molar-refractivity contribution in [2.45, 2.75) is 29.6 Å². The lowest BCUT2D eigenvalue weighted by molar-refractivity contribution is -0.358. The Kier molecular flexibility index (Phi) is 10.3. The lowest BCUT2D eigenvalue weighted by Crippen LogP contribution is -2.62. The van der Waals surface area contributed by atoms with Gasteiger partial charge in [-0.3, -0.25) is 4.98 Å². The molecule has 66 heavy (non-hydrogen) atoms. The van der Waals surface area contributed by atoms with Gasteiger partial charge in [0.25, 0.3) is 0 Å². The average molecular weight is 983 g/mol. The van der Waals surface area contributed by atoms with E-state index in [0.717, 1.165) is 0 Å². The van der Waals surface area contributed by atoms with Gasteiger partial charge in [-0.1, -0.05) is 94.9 Å². The molecule has 1 unspecified atom stereocenters. The monoisotopic (exact) mass is 980 g/mol. The summed E-state index contributed by atoms with van der Waals surface area (Å²) in [7, 11) is 0. The van der Waals surface area contributed by atoms with E-state index in [1.165, 1.54) is 72.8 Å². The highest BCUT2D eigenvalue weighted by Gasteiger charge is 2.86. The molecular weight excluding hydrogens is 957 g/mol. The van der Waals surface area contributed by atoms with E-state index in [1.807, 2.05) is 0 Å². The maximum absolute atomic E-state index is 17.1. The van der Waals surface area contributed by atoms with Gasteiger partial charge < -0.3 is 9.97 Å². The Hall–Kier alpha value is -5.99. The number of nitrogens with one attached hydrogen (secondary N) is 2. The molecule has 5 heterocycles. The van der Waals surface area contributed by atoms with Gasteiger partial charge >= 0.3 is 23.7 Å². The summed E-state index contributed by atoms with van der Waals surface area (Å²) in [6.07, 6.45) is 2.86. The molecule has 0 radical (unpaired) electrons. The second kappa shape index (κ2) is 15.5. The fraction of sp³-hybridized carbons (Fsp3) is 0.102. The highest BCUT2D eigenvalue weighted by molar-refractivity contribution is 6.31. The molecule has 0 amide bonds. The zero-order valence-corrected chi connectivity index (χ0v) is 36.1. The number of rotatable bonds is 4. The first kappa shape index (κ1) is 43.9. The lowest BCUT2D eigenvalue weighted by atomic mass is 9.83. The van der Waals surface area contributed by atoms with E-state index >= 15 is 39.5 Å². The number of benzene rings is 4. The third-order valence-corrected chi connectivity index (χ3v) is 12.8. The molecule has 2 aliphatic heterocycles. The van der Waals surface area contributed by atoms with E-state index in [-0.39, 0.29) is 43.6 Å². The number of H-pyrrole nitrogens is 2. The minimum absolute atomic E-state index is 0.0498. The maximum Gasteiger partial charge on any atom is 0.384 e. The van der Waals surface area contributed by atoms with Crippen LogP contribution < -0.4 is 0 Å². The number of aromatic amines is 2. The average Bonchev–Trinajstić information content (AvgIpc) is 4.12. The Morgan fingerprint density at radius 1 is 0.424 bits per heavy atom. The quantitative estimate of drug-likeness (QED) is 0.173. The summed E-state index contributed by atoms with van der Waals surface area (Å²) in [6.45, 7) is 0. The molecule has 0 spiro atoms. The Balaban J connectivity index is 1.49. The van der Waals surface area contributed by atoms with E-state index in [2.05, 4.69) is 15.0 Å². The second-order valence-corrected chi connectivity index (χ2v) is 17.4. The van der Waals surface area contributed by atoms with Crippen LogP contribution in [0.3, 0.4) is 0 Å². The van der Waals surface area contributed by atoms with Gasteiger partial charge in [0.05, 0.1) is 22.8 Å². The molecule has 3 aromatic heterocycles. The highest BCUT2D eigenvalue weighted by Crippen LogP contribution is 2.67. The minimum atomic E-state index is -6.96. The van der Waals surface area contributed by atoms with Crippen LogP contribution in [-0.2, 0) is 0 Å². The van der Waals surface area contributed by atoms with Crippen molar-refractivity contribution in [3.05, 3.63) is 170 Å². The minimum Gasteiger partial charge on any atom is -0.354 e. The van der Waals surface area contributed by atoms with Crippen molar-refractivity contribution in [1.29, 1.82) is 0 Å². The number of hydrogen-bond donors (Lipinski definition) is 2. The number of hydrogen-bond acceptors (Lipinski definition) is 2. The smallest absolute Gasteiger partial charge is 0.354 e. The Bertz CT molecular complexity index is 3360. The number of nitrogens with zero attached hydrogens (tertiary/aromatic N) is 2. The van der Waals surface area contributed by atoms with Crippen LogP contribution in [0, 0.1) is 0 Å². The molecule has 0 saturated carbocycles. The van der Waals surface area contributed by atoms with Gasteiger partial charge in [0.2, 0.25) is 0 Å². The van der Waals surface area contributed by atoms with E-state index in [1.54, 1.807) is 60.7 Å². The second-order valence-electron chi connectivity index (χ2n) is 15.7. The molecule has 1 atom stereocenters. The van der Waals surface area contributed by atoms with Crippen molar-refractivity contribution >= 4 is 86.2 Å². The molecule has 3 aliphatic rings. The molecule has 8 bridgehead atoms. The molecule has 0 saturated heterocycles. The van der Waals surface area contributed by atoms with Crippen LogP contribution in [0.2, 0.25) is 20.1 Å². The van der Waals surface area contributed by atoms with E-state index in [0.29, 0.717) is 43.3 Å². The van der Waals surface area contributed by atoms with Crippen LogP contribution in [-0.4, -0.2) is 43.6 Å². The molecule has 2 N–H and O–H groups in total. The Morgan fingerprint density at radius 3 is 1.24 bits per heavy atom. The molecule has 4 aromatic carbocycles. The van der Waals surface area contributed by atoms with Crippen LogP contribution >= 0.6 is 46.4 Å². The van der Waals surface area contributed by atoms with Gasteiger partial charge in [0, 0.05) is 70.0 Å². The van der Waals surface area contributed by atoms with Crippen LogP contribution in [0.25, 0.3) is 84.3 Å². The first-order valence-electron chi connectivity index (χ1n) is 19.7. The number of allylic oxidation sites excluding steroid dienone is 2. The fourth-order valence-electron chi connectivity index (χ4n) is 8.61. The van der Waals surface area contributed by atoms with E-state index in [4.69, 9.17) is 51.4 Å². The molecule has 332 valence electrons. The predicted octanol–water partition coefficient (Wildman–Crippen LogP) is 16.8. The predicted molar refractivity (Wildman–Crippen MR) is 242 cm³/mol. The molecular formula is C49H25Cl4F9N4. The van der Waals surface area contributed by atoms with Gasteiger partial charge in [0.1, 0.15) is 5.92 Å². The zero-order valence-electron chi connectivity index (χ0n) is 33.1. The summed E-state index contributed by atoms with van der Waals surface area (Å²) < 4.78 is 146. The van der Waals surface area contributed by atoms with Crippen molar-refractivity contribution in [1.82, 2.24) is 19.9 Å². The lowest BCUT2D eigenvalue weighted by Gasteiger charge is -2.35. The van der Waals surface area contributed by atoms with Crippen molar-refractivity contribution in [3.8, 4) is 44.5 Å². The normalized spacial score (nSPS) is 18.0. The molecule has 4 nitrogen and oxygen atoms in total. The standard InChI is InChI=1S/C49H25Cl4F9N4/c50-27-9-1-23(2-10-27)37-31-17-18-32(63-31)38(24-3-11-28(51)12-4-24)34-20-22-36(65-34)40(26-7-15-30(53)16-8-26)44-42-41(45(54)47(57,58)49(61,62)48(59,60)46(42,55)56)43(66-44)39(35-21-19-33(37)64-35)25-5-13-29(52)14-6-25/h1-22,42,63,65H. The first-order valence-corrected chi connectivity index (χ1v) is 21.2. The van der Waals surface area contributed by atoms with E-state index in [9.17, 15) is 0 Å². The Labute approximate surface area is 388 Å². The number of fused-ring (bicyclic) bond motifs is 11. The van der Waals surface area contributed by atoms with Gasteiger partial charge in [-0.2, -0.15) is 35.1 Å². The largest absolute Gasteiger partial charge is 0.384 e. The van der Waals surface area contributed by atoms with Gasteiger partial charge in [-0.15, -0.1) is 0 Å². The molecule has 0 fully saturated rings. The summed E-state index contributed by atoms with van der Waals surface area (Å²) in [5.74, 6) is -33.3. The van der Waals surface area contributed by atoms with Crippen LogP contribution in [0.5, 0.6) is 0 Å². The molecule has 10 rings (SSSR count). The molecule has 7 aromatic rings. The van der Waals surface area contributed by atoms with Crippen molar-refractivity contribution < 1.29 is 39.5 Å². The first-order chi connectivity index (χ1) is 31.3. The topological polar surface area (TPSA) is 57.4 Å². The highest BCUT2D eigenvalue weighted by atomic mass is 35.5. The molecule has 1 aliphatic carbocycles. The number of halogens is 13. The molecule has 17 heteroatoms. The summed E-state index contributed by atoms with van der Waals surface area (Å²) in [5, 5.41) is 1.09. The summed E-state index contributed by atoms with van der Waals surface area (Å²) in [6, 6.07) is 30.4. The zero-order chi connectivity index (χ0) is 46.7. The van der Waals surface area contributed by atoms with Gasteiger partial charge in [-0.05, 0) is 107 Å². The van der Waals surface area contributed by atoms with Crippen molar-refractivity contribution in [2.75, 3.05) is 0 Å². The summed E-state index contributed by atoms with van der Waals surface area (Å²) >= 11 is 25.1. The summed E-state index contributed by atoms with van der Waals surface area (Å²) in [5.41, 5.74) is -1.99. The maximum atomic E-state index is 17.1. The fourth-order valence-corrected chi connectivity index (χ4v) is 9.12.